The van der Waals surface area contributed by atoms with Gasteiger partial charge in [-0.3, -0.25) is 10.1 Å². The number of nitro benzene ring substituents is 1. The van der Waals surface area contributed by atoms with Gasteiger partial charge in [-0.2, -0.15) is 22.0 Å². The Balaban J connectivity index is 3.40. The van der Waals surface area contributed by atoms with Crippen LogP contribution in [0.4, 0.5) is 27.6 Å². The summed E-state index contributed by atoms with van der Waals surface area (Å²) >= 11 is 0. The lowest BCUT2D eigenvalue weighted by molar-refractivity contribution is -0.421. The van der Waals surface area contributed by atoms with Gasteiger partial charge in [-0.15, -0.1) is 0 Å². The van der Waals surface area contributed by atoms with E-state index in [1.165, 1.54) is 0 Å². The predicted octanol–water partition coefficient (Wildman–Crippen LogP) is 2.24. The first-order chi connectivity index (χ1) is 8.82. The molecule has 0 heterocycles. The third-order valence-electron chi connectivity index (χ3n) is 2.59. The normalized spacial score (nSPS) is 13.4. The van der Waals surface area contributed by atoms with Crippen molar-refractivity contribution in [2.24, 2.45) is 0 Å². The minimum atomic E-state index is -6.01. The summed E-state index contributed by atoms with van der Waals surface area (Å²) in [5.41, 5.74) is -2.57. The number of rotatable bonds is 3. The molecular formula is C10H8F5NO4. The van der Waals surface area contributed by atoms with Gasteiger partial charge in [0.1, 0.15) is 0 Å². The molecular weight excluding hydrogens is 293 g/mol. The van der Waals surface area contributed by atoms with Crippen LogP contribution < -0.4 is 0 Å². The molecule has 0 amide bonds. The molecule has 0 aliphatic carbocycles. The summed E-state index contributed by atoms with van der Waals surface area (Å²) < 4.78 is 64.1. The maximum atomic E-state index is 13.6. The second-order valence-electron chi connectivity index (χ2n) is 4.00. The van der Waals surface area contributed by atoms with Gasteiger partial charge in [0.15, 0.2) is 0 Å². The highest BCUT2D eigenvalue weighted by atomic mass is 19.4. The molecule has 0 aromatic heterocycles. The second kappa shape index (κ2) is 4.63. The molecule has 112 valence electrons. The lowest BCUT2D eigenvalue weighted by Gasteiger charge is -2.33. The molecule has 1 aromatic rings. The minimum absolute atomic E-state index is 0.348. The highest BCUT2D eigenvalue weighted by Gasteiger charge is 2.69. The fourth-order valence-corrected chi connectivity index (χ4v) is 1.48. The maximum absolute atomic E-state index is 13.6. The average molecular weight is 301 g/mol. The SMILES string of the molecule is Cc1cc([N+](=O)[O-])ccc1C(F)(F)C(O)(O)C(F)(F)F. The summed E-state index contributed by atoms with van der Waals surface area (Å²) in [7, 11) is 0. The topological polar surface area (TPSA) is 83.6 Å². The first-order valence-corrected chi connectivity index (χ1v) is 4.97. The van der Waals surface area contributed by atoms with E-state index >= 15 is 0 Å². The molecule has 0 aliphatic heterocycles. The Hall–Kier alpha value is -1.81. The number of hydrogen-bond acceptors (Lipinski definition) is 4. The summed E-state index contributed by atoms with van der Waals surface area (Å²) in [6, 6.07) is 1.50. The van der Waals surface area contributed by atoms with Crippen LogP contribution in [0.5, 0.6) is 0 Å². The van der Waals surface area contributed by atoms with Crippen LogP contribution in [0.2, 0.25) is 0 Å². The second-order valence-corrected chi connectivity index (χ2v) is 4.00. The van der Waals surface area contributed by atoms with Gasteiger partial charge in [-0.05, 0) is 18.6 Å². The number of alkyl halides is 5. The van der Waals surface area contributed by atoms with Gasteiger partial charge >= 0.3 is 17.9 Å². The lowest BCUT2D eigenvalue weighted by Crippen LogP contribution is -2.57. The highest BCUT2D eigenvalue weighted by Crippen LogP contribution is 2.47. The molecule has 0 spiro atoms. The zero-order valence-electron chi connectivity index (χ0n) is 9.78. The number of nitrogens with zero attached hydrogens (tertiary/aromatic N) is 1. The van der Waals surface area contributed by atoms with Gasteiger partial charge in [0, 0.05) is 17.7 Å². The van der Waals surface area contributed by atoms with Crippen molar-refractivity contribution in [2.75, 3.05) is 0 Å². The Morgan fingerprint density at radius 2 is 1.65 bits per heavy atom. The fraction of sp³-hybridized carbons (Fsp3) is 0.400. The largest absolute Gasteiger partial charge is 0.449 e. The number of nitro groups is 1. The Morgan fingerprint density at radius 1 is 1.15 bits per heavy atom. The quantitative estimate of drug-likeness (QED) is 0.388. The molecule has 0 saturated heterocycles. The maximum Gasteiger partial charge on any atom is 0.449 e. The molecule has 1 rings (SSSR count). The van der Waals surface area contributed by atoms with E-state index in [1.807, 2.05) is 0 Å². The standard InChI is InChI=1S/C10H8F5NO4/c1-5-4-6(16(19)20)2-3-7(5)8(11,12)9(17,18)10(13,14)15/h2-4,17-18H,1H3. The summed E-state index contributed by atoms with van der Waals surface area (Å²) in [6.07, 6.45) is -6.01. The van der Waals surface area contributed by atoms with Crippen molar-refractivity contribution in [3.05, 3.63) is 39.4 Å². The summed E-state index contributed by atoms with van der Waals surface area (Å²) in [5, 5.41) is 27.8. The number of aliphatic hydroxyl groups is 2. The zero-order chi connectivity index (χ0) is 15.9. The van der Waals surface area contributed by atoms with Gasteiger partial charge < -0.3 is 10.2 Å². The number of aryl methyl sites for hydroxylation is 1. The zero-order valence-corrected chi connectivity index (χ0v) is 9.78. The van der Waals surface area contributed by atoms with E-state index < -0.39 is 39.6 Å². The van der Waals surface area contributed by atoms with Crippen LogP contribution in [-0.4, -0.2) is 27.1 Å². The van der Waals surface area contributed by atoms with E-state index in [-0.39, 0.29) is 0 Å². The Morgan fingerprint density at radius 3 is 2.00 bits per heavy atom. The van der Waals surface area contributed by atoms with E-state index in [9.17, 15) is 32.1 Å². The van der Waals surface area contributed by atoms with E-state index in [0.29, 0.717) is 18.2 Å². The Kier molecular flexibility index (Phi) is 3.76. The van der Waals surface area contributed by atoms with Gasteiger partial charge in [-0.25, -0.2) is 0 Å². The van der Waals surface area contributed by atoms with Gasteiger partial charge in [0.25, 0.3) is 5.69 Å². The van der Waals surface area contributed by atoms with Crippen molar-refractivity contribution in [3.8, 4) is 0 Å². The molecule has 0 atom stereocenters. The van der Waals surface area contributed by atoms with Crippen molar-refractivity contribution in [2.45, 2.75) is 24.8 Å². The first kappa shape index (κ1) is 16.2. The van der Waals surface area contributed by atoms with Crippen molar-refractivity contribution in [3.63, 3.8) is 0 Å². The third kappa shape index (κ3) is 2.43. The van der Waals surface area contributed by atoms with Crippen LogP contribution in [0.1, 0.15) is 11.1 Å². The first-order valence-electron chi connectivity index (χ1n) is 4.97. The number of hydrogen-bond donors (Lipinski definition) is 2. The van der Waals surface area contributed by atoms with Crippen molar-refractivity contribution in [1.82, 2.24) is 0 Å². The molecule has 10 heteroatoms. The van der Waals surface area contributed by atoms with Crippen LogP contribution in [0, 0.1) is 17.0 Å². The van der Waals surface area contributed by atoms with E-state index in [0.717, 1.165) is 6.92 Å². The predicted molar refractivity (Wildman–Crippen MR) is 55.0 cm³/mol. The average Bonchev–Trinajstić information content (AvgIpc) is 2.26. The van der Waals surface area contributed by atoms with Crippen LogP contribution in [0.25, 0.3) is 0 Å². The molecule has 0 unspecified atom stereocenters. The summed E-state index contributed by atoms with van der Waals surface area (Å²) in [6.45, 7) is 0.892. The van der Waals surface area contributed by atoms with Gasteiger partial charge in [-0.1, -0.05) is 0 Å². The lowest BCUT2D eigenvalue weighted by atomic mass is 9.95. The van der Waals surface area contributed by atoms with E-state index in [2.05, 4.69) is 0 Å². The molecule has 0 radical (unpaired) electrons. The van der Waals surface area contributed by atoms with Gasteiger partial charge in [0.05, 0.1) is 4.92 Å². The van der Waals surface area contributed by atoms with Gasteiger partial charge in [0.2, 0.25) is 0 Å². The van der Waals surface area contributed by atoms with Crippen LogP contribution in [-0.2, 0) is 5.92 Å². The smallest absolute Gasteiger partial charge is 0.354 e. The minimum Gasteiger partial charge on any atom is -0.354 e. The van der Waals surface area contributed by atoms with Crippen LogP contribution >= 0.6 is 0 Å². The Bertz CT molecular complexity index is 541. The molecule has 5 nitrogen and oxygen atoms in total. The molecule has 0 fully saturated rings. The number of benzene rings is 1. The van der Waals surface area contributed by atoms with E-state index in [1.54, 1.807) is 0 Å². The van der Waals surface area contributed by atoms with Crippen molar-refractivity contribution in [1.29, 1.82) is 0 Å². The monoisotopic (exact) mass is 301 g/mol. The molecule has 1 aromatic carbocycles. The Labute approximate surface area is 108 Å². The number of halogens is 5. The van der Waals surface area contributed by atoms with Crippen molar-refractivity contribution < 1.29 is 37.1 Å². The molecule has 20 heavy (non-hydrogen) atoms. The highest BCUT2D eigenvalue weighted by molar-refractivity contribution is 5.42. The molecule has 2 N–H and O–H groups in total. The van der Waals surface area contributed by atoms with Crippen molar-refractivity contribution >= 4 is 5.69 Å². The van der Waals surface area contributed by atoms with Crippen LogP contribution in [0.3, 0.4) is 0 Å². The molecule has 0 aliphatic rings. The van der Waals surface area contributed by atoms with E-state index in [4.69, 9.17) is 10.2 Å². The number of non-ortho nitro benzene ring substituents is 1. The summed E-state index contributed by atoms with van der Waals surface area (Å²) in [4.78, 5) is 9.48. The van der Waals surface area contributed by atoms with Crippen LogP contribution in [0.15, 0.2) is 18.2 Å². The fourth-order valence-electron chi connectivity index (χ4n) is 1.48. The molecule has 0 saturated carbocycles. The molecule has 0 bridgehead atoms. The summed E-state index contributed by atoms with van der Waals surface area (Å²) in [5.74, 6) is -10.4. The third-order valence-corrected chi connectivity index (χ3v) is 2.59.